The van der Waals surface area contributed by atoms with Crippen LogP contribution in [0.15, 0.2) is 67.0 Å². The molecular weight excluding hydrogens is 424 g/mol. The lowest BCUT2D eigenvalue weighted by Crippen LogP contribution is -2.31. The predicted octanol–water partition coefficient (Wildman–Crippen LogP) is 4.81. The summed E-state index contributed by atoms with van der Waals surface area (Å²) >= 11 is 0. The third-order valence-electron chi connectivity index (χ3n) is 5.54. The van der Waals surface area contributed by atoms with Crippen molar-refractivity contribution in [3.05, 3.63) is 78.1 Å². The molecule has 174 valence electrons. The van der Waals surface area contributed by atoms with E-state index < -0.39 is 0 Å². The summed E-state index contributed by atoms with van der Waals surface area (Å²) in [5.41, 5.74) is 2.92. The molecule has 1 fully saturated rings. The fourth-order valence-electron chi connectivity index (χ4n) is 3.80. The Morgan fingerprint density at radius 2 is 1.56 bits per heavy atom. The molecule has 0 unspecified atom stereocenters. The molecule has 2 amide bonds. The first-order chi connectivity index (χ1) is 16.7. The number of aromatic nitrogens is 2. The molecular formula is C27H30N6O. The topological polar surface area (TPSA) is 82.2 Å². The van der Waals surface area contributed by atoms with Gasteiger partial charge in [-0.05, 0) is 69.2 Å². The average molecular weight is 455 g/mol. The zero-order valence-corrected chi connectivity index (χ0v) is 19.3. The van der Waals surface area contributed by atoms with E-state index in [-0.39, 0.29) is 6.03 Å². The van der Waals surface area contributed by atoms with E-state index in [1.807, 2.05) is 54.6 Å². The number of rotatable bonds is 7. The summed E-state index contributed by atoms with van der Waals surface area (Å²) in [4.78, 5) is 23.5. The number of likely N-dealkylation sites (tertiary alicyclic amines) is 1. The minimum atomic E-state index is -0.302. The van der Waals surface area contributed by atoms with E-state index in [1.165, 1.54) is 32.4 Å². The second-order valence-corrected chi connectivity index (χ2v) is 8.25. The van der Waals surface area contributed by atoms with E-state index in [1.54, 1.807) is 12.4 Å². The van der Waals surface area contributed by atoms with E-state index in [0.717, 1.165) is 36.3 Å². The summed E-state index contributed by atoms with van der Waals surface area (Å²) in [6.07, 6.45) is 8.54. The zero-order chi connectivity index (χ0) is 23.4. The Morgan fingerprint density at radius 3 is 2.35 bits per heavy atom. The molecule has 0 aliphatic carbocycles. The lowest BCUT2D eigenvalue weighted by molar-refractivity contribution is 0.228. The summed E-state index contributed by atoms with van der Waals surface area (Å²) in [6, 6.07) is 16.4. The largest absolute Gasteiger partial charge is 0.354 e. The number of anilines is 3. The van der Waals surface area contributed by atoms with Crippen molar-refractivity contribution in [3.63, 3.8) is 0 Å². The molecule has 0 radical (unpaired) electrons. The van der Waals surface area contributed by atoms with Crippen molar-refractivity contribution < 1.29 is 4.79 Å². The Balaban J connectivity index is 1.25. The first-order valence-electron chi connectivity index (χ1n) is 11.8. The average Bonchev–Trinajstić information content (AvgIpc) is 2.87. The summed E-state index contributed by atoms with van der Waals surface area (Å²) in [7, 11) is 0. The molecule has 1 saturated heterocycles. The molecule has 4 rings (SSSR count). The smallest absolute Gasteiger partial charge is 0.323 e. The number of hydrogen-bond acceptors (Lipinski definition) is 5. The SMILES string of the molecule is O=C(Nc1ccccc1)Nc1cccc(C#Cc2cnc(NCCCN3CCCCC3)nc2)c1. The van der Waals surface area contributed by atoms with Gasteiger partial charge in [0.2, 0.25) is 5.95 Å². The Hall–Kier alpha value is -3.89. The van der Waals surface area contributed by atoms with Crippen LogP contribution in [0.25, 0.3) is 0 Å². The lowest BCUT2D eigenvalue weighted by Gasteiger charge is -2.26. The van der Waals surface area contributed by atoms with E-state index in [4.69, 9.17) is 0 Å². The molecule has 2 heterocycles. The molecule has 1 aliphatic heterocycles. The summed E-state index contributed by atoms with van der Waals surface area (Å²) in [5, 5.41) is 8.91. The van der Waals surface area contributed by atoms with Gasteiger partial charge < -0.3 is 20.9 Å². The maximum absolute atomic E-state index is 12.2. The Kier molecular flexibility index (Phi) is 8.47. The van der Waals surface area contributed by atoms with Crippen molar-refractivity contribution in [3.8, 4) is 11.8 Å². The van der Waals surface area contributed by atoms with Crippen LogP contribution >= 0.6 is 0 Å². The highest BCUT2D eigenvalue weighted by Crippen LogP contribution is 2.12. The highest BCUT2D eigenvalue weighted by Gasteiger charge is 2.09. The minimum absolute atomic E-state index is 0.302. The maximum Gasteiger partial charge on any atom is 0.323 e. The van der Waals surface area contributed by atoms with Crippen molar-refractivity contribution >= 4 is 23.4 Å². The third kappa shape index (κ3) is 7.61. The van der Waals surface area contributed by atoms with Crippen LogP contribution in [-0.4, -0.2) is 47.1 Å². The van der Waals surface area contributed by atoms with Crippen LogP contribution in [0.3, 0.4) is 0 Å². The molecule has 7 nitrogen and oxygen atoms in total. The second kappa shape index (κ2) is 12.4. The molecule has 0 atom stereocenters. The van der Waals surface area contributed by atoms with Crippen molar-refractivity contribution in [2.45, 2.75) is 25.7 Å². The molecule has 3 aromatic rings. The van der Waals surface area contributed by atoms with Gasteiger partial charge in [-0.3, -0.25) is 0 Å². The molecule has 3 N–H and O–H groups in total. The second-order valence-electron chi connectivity index (χ2n) is 8.25. The maximum atomic E-state index is 12.2. The molecule has 0 saturated carbocycles. The molecule has 7 heteroatoms. The van der Waals surface area contributed by atoms with Gasteiger partial charge >= 0.3 is 6.03 Å². The lowest BCUT2D eigenvalue weighted by atomic mass is 10.1. The van der Waals surface area contributed by atoms with Crippen molar-refractivity contribution in [1.29, 1.82) is 0 Å². The molecule has 1 aliphatic rings. The number of hydrogen-bond donors (Lipinski definition) is 3. The molecule has 1 aromatic heterocycles. The summed E-state index contributed by atoms with van der Waals surface area (Å²) in [5.74, 6) is 6.81. The van der Waals surface area contributed by atoms with Crippen LogP contribution in [-0.2, 0) is 0 Å². The molecule has 34 heavy (non-hydrogen) atoms. The highest BCUT2D eigenvalue weighted by atomic mass is 16.2. The van der Waals surface area contributed by atoms with Crippen LogP contribution in [0, 0.1) is 11.8 Å². The van der Waals surface area contributed by atoms with Gasteiger partial charge in [-0.15, -0.1) is 0 Å². The van der Waals surface area contributed by atoms with Gasteiger partial charge in [-0.2, -0.15) is 0 Å². The summed E-state index contributed by atoms with van der Waals surface area (Å²) < 4.78 is 0. The number of nitrogens with zero attached hydrogens (tertiary/aromatic N) is 3. The number of urea groups is 1. The van der Waals surface area contributed by atoms with Gasteiger partial charge in [0.25, 0.3) is 0 Å². The fourth-order valence-corrected chi connectivity index (χ4v) is 3.80. The van der Waals surface area contributed by atoms with E-state index in [2.05, 4.69) is 42.7 Å². The van der Waals surface area contributed by atoms with Crippen LogP contribution in [0.2, 0.25) is 0 Å². The molecule has 2 aromatic carbocycles. The third-order valence-corrected chi connectivity index (χ3v) is 5.54. The monoisotopic (exact) mass is 454 g/mol. The van der Waals surface area contributed by atoms with Crippen LogP contribution in [0.5, 0.6) is 0 Å². The van der Waals surface area contributed by atoms with Gasteiger partial charge in [0, 0.05) is 35.9 Å². The normalized spacial score (nSPS) is 13.4. The van der Waals surface area contributed by atoms with Gasteiger partial charge in [0.1, 0.15) is 0 Å². The van der Waals surface area contributed by atoms with E-state index >= 15 is 0 Å². The van der Waals surface area contributed by atoms with Crippen molar-refractivity contribution in [1.82, 2.24) is 14.9 Å². The number of carbonyl (C=O) groups excluding carboxylic acids is 1. The number of nitrogens with one attached hydrogen (secondary N) is 3. The quantitative estimate of drug-likeness (QED) is 0.353. The van der Waals surface area contributed by atoms with Gasteiger partial charge in [0.05, 0.1) is 5.56 Å². The first kappa shape index (κ1) is 23.3. The number of benzene rings is 2. The van der Waals surface area contributed by atoms with Crippen LogP contribution in [0.1, 0.15) is 36.8 Å². The molecule has 0 spiro atoms. The molecule has 0 bridgehead atoms. The van der Waals surface area contributed by atoms with Crippen molar-refractivity contribution in [2.75, 3.05) is 42.1 Å². The number of piperidine rings is 1. The zero-order valence-electron chi connectivity index (χ0n) is 19.3. The Morgan fingerprint density at radius 1 is 0.853 bits per heavy atom. The van der Waals surface area contributed by atoms with Crippen LogP contribution in [0.4, 0.5) is 22.1 Å². The summed E-state index contributed by atoms with van der Waals surface area (Å²) in [6.45, 7) is 4.44. The minimum Gasteiger partial charge on any atom is -0.354 e. The van der Waals surface area contributed by atoms with Gasteiger partial charge in [0.15, 0.2) is 0 Å². The van der Waals surface area contributed by atoms with E-state index in [9.17, 15) is 4.79 Å². The Labute approximate surface area is 201 Å². The van der Waals surface area contributed by atoms with Crippen molar-refractivity contribution in [2.24, 2.45) is 0 Å². The fraction of sp³-hybridized carbons (Fsp3) is 0.296. The van der Waals surface area contributed by atoms with Gasteiger partial charge in [-0.1, -0.05) is 42.5 Å². The van der Waals surface area contributed by atoms with E-state index in [0.29, 0.717) is 11.6 Å². The number of amides is 2. The first-order valence-corrected chi connectivity index (χ1v) is 11.8. The Bertz CT molecular complexity index is 1120. The highest BCUT2D eigenvalue weighted by molar-refractivity contribution is 5.99. The predicted molar refractivity (Wildman–Crippen MR) is 137 cm³/mol. The van der Waals surface area contributed by atoms with Crippen LogP contribution < -0.4 is 16.0 Å². The standard InChI is InChI=1S/C27H30N6O/c34-27(31-24-10-3-1-4-11-24)32-25-12-7-9-22(19-25)13-14-23-20-29-26(30-21-23)28-15-8-18-33-16-5-2-6-17-33/h1,3-4,7,9-12,19-21H,2,5-6,8,15-18H2,(H,28,29,30)(H2,31,32,34). The number of para-hydroxylation sites is 1. The van der Waals surface area contributed by atoms with Gasteiger partial charge in [-0.25, -0.2) is 14.8 Å². The number of carbonyl (C=O) groups is 1.